The number of anilines is 2. The van der Waals surface area contributed by atoms with Crippen molar-refractivity contribution in [1.29, 1.82) is 0 Å². The Hall–Kier alpha value is -1.33. The Morgan fingerprint density at radius 1 is 1.56 bits per heavy atom. The van der Waals surface area contributed by atoms with Crippen LogP contribution in [0.5, 0.6) is 0 Å². The fourth-order valence-corrected chi connectivity index (χ4v) is 1.34. The molecule has 1 rings (SSSR count). The van der Waals surface area contributed by atoms with Gasteiger partial charge < -0.3 is 20.5 Å². The quantitative estimate of drug-likeness (QED) is 0.644. The maximum Gasteiger partial charge on any atom is 0.127 e. The third-order valence-corrected chi connectivity index (χ3v) is 2.18. The Morgan fingerprint density at radius 3 is 3.06 bits per heavy atom. The van der Waals surface area contributed by atoms with Crippen LogP contribution in [-0.2, 0) is 4.74 Å². The Bertz CT molecular complexity index is 307. The topological polar surface area (TPSA) is 66.4 Å². The second-order valence-electron chi connectivity index (χ2n) is 3.50. The minimum atomic E-state index is -0.414. The number of rotatable bonds is 7. The molecule has 5 nitrogen and oxygen atoms in total. The average Bonchev–Trinajstić information content (AvgIpc) is 2.30. The van der Waals surface area contributed by atoms with Crippen molar-refractivity contribution in [3.8, 4) is 0 Å². The van der Waals surface area contributed by atoms with E-state index in [-0.39, 0.29) is 0 Å². The van der Waals surface area contributed by atoms with E-state index in [1.54, 1.807) is 13.3 Å². The minimum Gasteiger partial charge on any atom is -0.391 e. The zero-order valence-electron chi connectivity index (χ0n) is 9.73. The number of hydrogen-bond donors (Lipinski definition) is 3. The van der Waals surface area contributed by atoms with Crippen LogP contribution in [0.1, 0.15) is 6.42 Å². The molecule has 16 heavy (non-hydrogen) atoms. The zero-order valence-corrected chi connectivity index (χ0v) is 9.73. The molecule has 0 spiro atoms. The Morgan fingerprint density at radius 2 is 2.38 bits per heavy atom. The van der Waals surface area contributed by atoms with Gasteiger partial charge in [0.05, 0.1) is 12.7 Å². The zero-order chi connectivity index (χ0) is 11.8. The lowest BCUT2D eigenvalue weighted by Crippen LogP contribution is -2.18. The molecule has 90 valence electrons. The van der Waals surface area contributed by atoms with E-state index in [9.17, 15) is 5.11 Å². The van der Waals surface area contributed by atoms with Gasteiger partial charge in [-0.2, -0.15) is 0 Å². The molecule has 0 bridgehead atoms. The molecule has 0 aliphatic rings. The molecule has 1 aromatic rings. The summed E-state index contributed by atoms with van der Waals surface area (Å²) in [6.07, 6.45) is 1.98. The van der Waals surface area contributed by atoms with Crippen molar-refractivity contribution in [2.24, 2.45) is 0 Å². The summed E-state index contributed by atoms with van der Waals surface area (Å²) in [6, 6.07) is 3.81. The largest absolute Gasteiger partial charge is 0.391 e. The first-order valence-corrected chi connectivity index (χ1v) is 5.31. The van der Waals surface area contributed by atoms with Crippen LogP contribution < -0.4 is 10.6 Å². The van der Waals surface area contributed by atoms with Crippen molar-refractivity contribution in [3.63, 3.8) is 0 Å². The molecule has 0 saturated heterocycles. The first-order chi connectivity index (χ1) is 7.76. The molecule has 1 unspecified atom stereocenters. The van der Waals surface area contributed by atoms with E-state index in [0.717, 1.165) is 11.5 Å². The summed E-state index contributed by atoms with van der Waals surface area (Å²) < 4.78 is 4.85. The molecule has 0 amide bonds. The van der Waals surface area contributed by atoms with Gasteiger partial charge in [-0.15, -0.1) is 0 Å². The van der Waals surface area contributed by atoms with Crippen molar-refractivity contribution in [1.82, 2.24) is 4.98 Å². The summed E-state index contributed by atoms with van der Waals surface area (Å²) in [5.41, 5.74) is 0.990. The molecule has 0 radical (unpaired) electrons. The summed E-state index contributed by atoms with van der Waals surface area (Å²) >= 11 is 0. The van der Waals surface area contributed by atoms with Crippen molar-refractivity contribution in [2.45, 2.75) is 12.5 Å². The SMILES string of the molecule is CNc1cc(NCCC(O)COC)ccn1. The fourth-order valence-electron chi connectivity index (χ4n) is 1.34. The van der Waals surface area contributed by atoms with E-state index in [2.05, 4.69) is 15.6 Å². The number of nitrogens with one attached hydrogen (secondary N) is 2. The van der Waals surface area contributed by atoms with Gasteiger partial charge in [0.25, 0.3) is 0 Å². The van der Waals surface area contributed by atoms with Crippen molar-refractivity contribution in [2.75, 3.05) is 37.9 Å². The van der Waals surface area contributed by atoms with Crippen LogP contribution in [0.3, 0.4) is 0 Å². The number of methoxy groups -OCH3 is 1. The van der Waals surface area contributed by atoms with E-state index in [1.807, 2.05) is 19.2 Å². The summed E-state index contributed by atoms with van der Waals surface area (Å²) in [4.78, 5) is 4.11. The standard InChI is InChI=1S/C11H19N3O2/c1-12-11-7-9(3-5-14-11)13-6-4-10(15)8-16-2/h3,5,7,10,15H,4,6,8H2,1-2H3,(H2,12,13,14). The van der Waals surface area contributed by atoms with Crippen LogP contribution in [0.25, 0.3) is 0 Å². The van der Waals surface area contributed by atoms with E-state index >= 15 is 0 Å². The van der Waals surface area contributed by atoms with Crippen LogP contribution in [0.4, 0.5) is 11.5 Å². The maximum absolute atomic E-state index is 9.44. The smallest absolute Gasteiger partial charge is 0.127 e. The summed E-state index contributed by atoms with van der Waals surface area (Å²) in [5, 5.41) is 15.6. The molecule has 1 heterocycles. The lowest BCUT2D eigenvalue weighted by atomic mass is 10.2. The number of hydrogen-bond acceptors (Lipinski definition) is 5. The second kappa shape index (κ2) is 7.03. The van der Waals surface area contributed by atoms with Gasteiger partial charge in [-0.3, -0.25) is 0 Å². The van der Waals surface area contributed by atoms with Crippen LogP contribution in [0.15, 0.2) is 18.3 Å². The van der Waals surface area contributed by atoms with Crippen LogP contribution in [-0.4, -0.2) is 43.5 Å². The highest BCUT2D eigenvalue weighted by Gasteiger charge is 2.02. The molecular formula is C11H19N3O2. The molecule has 0 saturated carbocycles. The van der Waals surface area contributed by atoms with Gasteiger partial charge in [0.2, 0.25) is 0 Å². The lowest BCUT2D eigenvalue weighted by Gasteiger charge is -2.11. The number of aromatic nitrogens is 1. The molecule has 0 aliphatic heterocycles. The minimum absolute atomic E-state index is 0.375. The Kier molecular flexibility index (Phi) is 5.60. The molecule has 1 atom stereocenters. The summed E-state index contributed by atoms with van der Waals surface area (Å²) in [6.45, 7) is 1.08. The Labute approximate surface area is 95.8 Å². The number of pyridine rings is 1. The third-order valence-electron chi connectivity index (χ3n) is 2.18. The number of ether oxygens (including phenoxy) is 1. The lowest BCUT2D eigenvalue weighted by molar-refractivity contribution is 0.0615. The van der Waals surface area contributed by atoms with Crippen molar-refractivity contribution in [3.05, 3.63) is 18.3 Å². The normalized spacial score (nSPS) is 12.2. The predicted octanol–water partition coefficient (Wildman–Crippen LogP) is 0.933. The Balaban J connectivity index is 2.31. The number of aliphatic hydroxyl groups excluding tert-OH is 1. The van der Waals surface area contributed by atoms with Gasteiger partial charge in [-0.25, -0.2) is 4.98 Å². The van der Waals surface area contributed by atoms with Gasteiger partial charge in [0.1, 0.15) is 5.82 Å². The van der Waals surface area contributed by atoms with Gasteiger partial charge in [-0.05, 0) is 12.5 Å². The molecule has 0 aromatic carbocycles. The van der Waals surface area contributed by atoms with Crippen LogP contribution in [0, 0.1) is 0 Å². The highest BCUT2D eigenvalue weighted by atomic mass is 16.5. The van der Waals surface area contributed by atoms with E-state index in [4.69, 9.17) is 4.74 Å². The number of aliphatic hydroxyl groups is 1. The van der Waals surface area contributed by atoms with E-state index in [1.165, 1.54) is 0 Å². The van der Waals surface area contributed by atoms with Crippen LogP contribution in [0.2, 0.25) is 0 Å². The molecule has 5 heteroatoms. The summed E-state index contributed by atoms with van der Waals surface area (Å²) in [7, 11) is 3.41. The predicted molar refractivity (Wildman–Crippen MR) is 64.8 cm³/mol. The van der Waals surface area contributed by atoms with E-state index < -0.39 is 6.10 Å². The molecule has 0 aliphatic carbocycles. The molecular weight excluding hydrogens is 206 g/mol. The second-order valence-corrected chi connectivity index (χ2v) is 3.50. The summed E-state index contributed by atoms with van der Waals surface area (Å²) in [5.74, 6) is 0.822. The third kappa shape index (κ3) is 4.46. The van der Waals surface area contributed by atoms with Crippen molar-refractivity contribution < 1.29 is 9.84 Å². The molecule has 1 aromatic heterocycles. The molecule has 0 fully saturated rings. The maximum atomic E-state index is 9.44. The van der Waals surface area contributed by atoms with Gasteiger partial charge in [-0.1, -0.05) is 0 Å². The first kappa shape index (κ1) is 12.7. The van der Waals surface area contributed by atoms with Gasteiger partial charge in [0.15, 0.2) is 0 Å². The fraction of sp³-hybridized carbons (Fsp3) is 0.545. The van der Waals surface area contributed by atoms with Crippen LogP contribution >= 0.6 is 0 Å². The monoisotopic (exact) mass is 225 g/mol. The van der Waals surface area contributed by atoms with Gasteiger partial charge >= 0.3 is 0 Å². The highest BCUT2D eigenvalue weighted by Crippen LogP contribution is 2.11. The van der Waals surface area contributed by atoms with E-state index in [0.29, 0.717) is 19.6 Å². The van der Waals surface area contributed by atoms with Crippen molar-refractivity contribution >= 4 is 11.5 Å². The average molecular weight is 225 g/mol. The highest BCUT2D eigenvalue weighted by molar-refractivity contribution is 5.51. The molecule has 3 N–H and O–H groups in total. The first-order valence-electron chi connectivity index (χ1n) is 5.31. The number of nitrogens with zero attached hydrogens (tertiary/aromatic N) is 1. The van der Waals surface area contributed by atoms with Gasteiger partial charge in [0, 0.05) is 38.7 Å².